The summed E-state index contributed by atoms with van der Waals surface area (Å²) in [6, 6.07) is 11.5. The van der Waals surface area contributed by atoms with E-state index < -0.39 is 15.9 Å². The van der Waals surface area contributed by atoms with Crippen LogP contribution in [0.5, 0.6) is 0 Å². The number of carbonyl (C=O) groups excluding carboxylic acids is 1. The minimum absolute atomic E-state index is 0.0565. The van der Waals surface area contributed by atoms with Crippen LogP contribution in [0.4, 0.5) is 5.69 Å². The van der Waals surface area contributed by atoms with Crippen molar-refractivity contribution in [1.82, 2.24) is 13.9 Å². The monoisotopic (exact) mass is 450 g/mol. The maximum absolute atomic E-state index is 12.8. The molecule has 0 aliphatic rings. The van der Waals surface area contributed by atoms with Crippen LogP contribution in [-0.4, -0.2) is 42.3 Å². The van der Waals surface area contributed by atoms with Crippen molar-refractivity contribution < 1.29 is 13.2 Å². The Labute approximate surface area is 178 Å². The summed E-state index contributed by atoms with van der Waals surface area (Å²) in [7, 11) is 0.921. The molecule has 29 heavy (non-hydrogen) atoms. The van der Waals surface area contributed by atoms with Crippen molar-refractivity contribution in [3.8, 4) is 0 Å². The molecule has 0 spiro atoms. The van der Waals surface area contributed by atoms with Crippen LogP contribution in [0, 0.1) is 0 Å². The lowest BCUT2D eigenvalue weighted by Gasteiger charge is -2.14. The standard InChI is InChI=1S/C19H19ClN4O3S2/c1-23(2)29(26,27)17-12-13(8-9-14(17)20)18(25)22-15-6-4-5-7-16(15)28-19-21-10-11-24(19)3/h4-12H,1-3H3,(H,22,25). The van der Waals surface area contributed by atoms with Crippen LogP contribution < -0.4 is 5.32 Å². The number of halogens is 1. The van der Waals surface area contributed by atoms with Gasteiger partial charge in [-0.15, -0.1) is 0 Å². The number of para-hydroxylation sites is 1. The Kier molecular flexibility index (Phi) is 6.33. The lowest BCUT2D eigenvalue weighted by Crippen LogP contribution is -2.23. The molecule has 1 heterocycles. The number of hydrogen-bond acceptors (Lipinski definition) is 5. The molecule has 152 valence electrons. The molecule has 0 fully saturated rings. The summed E-state index contributed by atoms with van der Waals surface area (Å²) < 4.78 is 27.8. The topological polar surface area (TPSA) is 84.3 Å². The van der Waals surface area contributed by atoms with Crippen LogP contribution in [0.15, 0.2) is 69.8 Å². The third-order valence-corrected chi connectivity index (χ3v) is 7.51. The first kappa shape index (κ1) is 21.4. The molecule has 0 unspecified atom stereocenters. The number of nitrogens with one attached hydrogen (secondary N) is 1. The predicted octanol–water partition coefficient (Wildman–Crippen LogP) is 3.73. The molecule has 0 radical (unpaired) electrons. The molecule has 0 saturated heterocycles. The molecule has 0 atom stereocenters. The molecule has 1 aromatic heterocycles. The smallest absolute Gasteiger partial charge is 0.255 e. The normalized spacial score (nSPS) is 11.6. The first-order valence-corrected chi connectivity index (χ1v) is 11.1. The van der Waals surface area contributed by atoms with E-state index in [9.17, 15) is 13.2 Å². The average Bonchev–Trinajstić information content (AvgIpc) is 3.08. The van der Waals surface area contributed by atoms with Crippen LogP contribution in [0.3, 0.4) is 0 Å². The van der Waals surface area contributed by atoms with Crippen molar-refractivity contribution in [2.24, 2.45) is 7.05 Å². The Balaban J connectivity index is 1.89. The number of carbonyl (C=O) groups is 1. The van der Waals surface area contributed by atoms with Gasteiger partial charge in [0.15, 0.2) is 5.16 Å². The Morgan fingerprint density at radius 3 is 2.59 bits per heavy atom. The summed E-state index contributed by atoms with van der Waals surface area (Å²) in [6.07, 6.45) is 3.54. The van der Waals surface area contributed by atoms with Crippen molar-refractivity contribution in [1.29, 1.82) is 0 Å². The van der Waals surface area contributed by atoms with Gasteiger partial charge in [0.2, 0.25) is 10.0 Å². The van der Waals surface area contributed by atoms with Gasteiger partial charge in [-0.25, -0.2) is 17.7 Å². The molecule has 3 aromatic rings. The fourth-order valence-corrected chi connectivity index (χ4v) is 4.73. The summed E-state index contributed by atoms with van der Waals surface area (Å²) >= 11 is 7.47. The highest BCUT2D eigenvalue weighted by atomic mass is 35.5. The van der Waals surface area contributed by atoms with E-state index in [1.807, 2.05) is 36.0 Å². The van der Waals surface area contributed by atoms with E-state index in [2.05, 4.69) is 10.3 Å². The Morgan fingerprint density at radius 1 is 1.21 bits per heavy atom. The van der Waals surface area contributed by atoms with E-state index in [0.717, 1.165) is 14.4 Å². The van der Waals surface area contributed by atoms with Gasteiger partial charge in [0.05, 0.1) is 10.7 Å². The number of amides is 1. The van der Waals surface area contributed by atoms with Crippen molar-refractivity contribution in [2.75, 3.05) is 19.4 Å². The molecule has 0 aliphatic heterocycles. The van der Waals surface area contributed by atoms with E-state index >= 15 is 0 Å². The van der Waals surface area contributed by atoms with Gasteiger partial charge in [-0.05, 0) is 42.1 Å². The summed E-state index contributed by atoms with van der Waals surface area (Å²) in [5.41, 5.74) is 0.782. The second kappa shape index (κ2) is 8.58. The van der Waals surface area contributed by atoms with E-state index in [1.165, 1.54) is 44.1 Å². The minimum Gasteiger partial charge on any atom is -0.329 e. The molecule has 7 nitrogen and oxygen atoms in total. The zero-order chi connectivity index (χ0) is 21.2. The molecular formula is C19H19ClN4O3S2. The van der Waals surface area contributed by atoms with Crippen LogP contribution in [0.25, 0.3) is 0 Å². The first-order chi connectivity index (χ1) is 13.7. The van der Waals surface area contributed by atoms with Gasteiger partial charge in [-0.3, -0.25) is 4.79 Å². The lowest BCUT2D eigenvalue weighted by atomic mass is 10.2. The number of aryl methyl sites for hydroxylation is 1. The van der Waals surface area contributed by atoms with Crippen LogP contribution in [-0.2, 0) is 17.1 Å². The Morgan fingerprint density at radius 2 is 1.93 bits per heavy atom. The van der Waals surface area contributed by atoms with Crippen LogP contribution >= 0.6 is 23.4 Å². The van der Waals surface area contributed by atoms with Gasteiger partial charge in [0.25, 0.3) is 5.91 Å². The molecule has 10 heteroatoms. The highest BCUT2D eigenvalue weighted by Crippen LogP contribution is 2.32. The minimum atomic E-state index is -3.78. The predicted molar refractivity (Wildman–Crippen MR) is 114 cm³/mol. The lowest BCUT2D eigenvalue weighted by molar-refractivity contribution is 0.102. The second-order valence-electron chi connectivity index (χ2n) is 6.31. The maximum atomic E-state index is 12.8. The van der Waals surface area contributed by atoms with Gasteiger partial charge in [0.1, 0.15) is 4.90 Å². The Bertz CT molecular complexity index is 1160. The first-order valence-electron chi connectivity index (χ1n) is 8.48. The third-order valence-electron chi connectivity index (χ3n) is 4.07. The molecule has 3 rings (SSSR count). The number of hydrogen-bond donors (Lipinski definition) is 1. The summed E-state index contributed by atoms with van der Waals surface area (Å²) in [6.45, 7) is 0. The summed E-state index contributed by atoms with van der Waals surface area (Å²) in [5.74, 6) is -0.440. The van der Waals surface area contributed by atoms with Crippen molar-refractivity contribution in [3.63, 3.8) is 0 Å². The van der Waals surface area contributed by atoms with Crippen LogP contribution in [0.2, 0.25) is 5.02 Å². The van der Waals surface area contributed by atoms with E-state index in [-0.39, 0.29) is 15.5 Å². The highest BCUT2D eigenvalue weighted by Gasteiger charge is 2.22. The van der Waals surface area contributed by atoms with E-state index in [0.29, 0.717) is 5.69 Å². The van der Waals surface area contributed by atoms with Gasteiger partial charge in [-0.1, -0.05) is 23.7 Å². The average molecular weight is 451 g/mol. The molecule has 2 aromatic carbocycles. The summed E-state index contributed by atoms with van der Waals surface area (Å²) in [5, 5.41) is 3.67. The van der Waals surface area contributed by atoms with Gasteiger partial charge < -0.3 is 9.88 Å². The SMILES string of the molecule is CN(C)S(=O)(=O)c1cc(C(=O)Nc2ccccc2Sc2nccn2C)ccc1Cl. The number of benzene rings is 2. The number of imidazole rings is 1. The number of anilines is 1. The molecule has 1 amide bonds. The number of nitrogens with zero attached hydrogens (tertiary/aromatic N) is 3. The molecule has 0 saturated carbocycles. The van der Waals surface area contributed by atoms with Crippen molar-refractivity contribution in [2.45, 2.75) is 14.9 Å². The third kappa shape index (κ3) is 4.64. The van der Waals surface area contributed by atoms with Gasteiger partial charge in [0, 0.05) is 44.0 Å². The zero-order valence-corrected chi connectivity index (χ0v) is 18.3. The number of sulfonamides is 1. The largest absolute Gasteiger partial charge is 0.329 e. The highest BCUT2D eigenvalue weighted by molar-refractivity contribution is 7.99. The summed E-state index contributed by atoms with van der Waals surface area (Å²) in [4.78, 5) is 17.8. The van der Waals surface area contributed by atoms with Crippen LogP contribution in [0.1, 0.15) is 10.4 Å². The maximum Gasteiger partial charge on any atom is 0.255 e. The van der Waals surface area contributed by atoms with Crippen molar-refractivity contribution >= 4 is 45.0 Å². The number of rotatable bonds is 6. The quantitative estimate of drug-likeness (QED) is 0.618. The van der Waals surface area contributed by atoms with E-state index in [1.54, 1.807) is 12.3 Å². The zero-order valence-electron chi connectivity index (χ0n) is 16.0. The second-order valence-corrected chi connectivity index (χ2v) is 9.84. The molecule has 0 aliphatic carbocycles. The molecule has 1 N–H and O–H groups in total. The van der Waals surface area contributed by atoms with Gasteiger partial charge >= 0.3 is 0 Å². The molecule has 0 bridgehead atoms. The fraction of sp³-hybridized carbons (Fsp3) is 0.158. The Hall–Kier alpha value is -2.33. The molecular weight excluding hydrogens is 432 g/mol. The van der Waals surface area contributed by atoms with Crippen molar-refractivity contribution in [3.05, 3.63) is 65.4 Å². The fourth-order valence-electron chi connectivity index (χ4n) is 2.44. The number of aromatic nitrogens is 2. The van der Waals surface area contributed by atoms with E-state index in [4.69, 9.17) is 11.6 Å². The van der Waals surface area contributed by atoms with Gasteiger partial charge in [-0.2, -0.15) is 0 Å².